The van der Waals surface area contributed by atoms with Crippen LogP contribution in [0, 0.1) is 0 Å². The Hall–Kier alpha value is -0.670. The summed E-state index contributed by atoms with van der Waals surface area (Å²) in [6.07, 6.45) is 3.39. The second kappa shape index (κ2) is 4.54. The molecular formula is C14H19NOS. The molecule has 1 N–H and O–H groups in total. The molecule has 92 valence electrons. The van der Waals surface area contributed by atoms with Crippen molar-refractivity contribution in [1.29, 1.82) is 0 Å². The molecule has 4 unspecified atom stereocenters. The Balaban J connectivity index is 2.01. The summed E-state index contributed by atoms with van der Waals surface area (Å²) in [7, 11) is -0.682. The van der Waals surface area contributed by atoms with Gasteiger partial charge in [0.15, 0.2) is 0 Å². The molecule has 2 aliphatic rings. The first-order chi connectivity index (χ1) is 8.27. The Labute approximate surface area is 105 Å². The van der Waals surface area contributed by atoms with Gasteiger partial charge in [-0.15, -0.1) is 0 Å². The van der Waals surface area contributed by atoms with Crippen molar-refractivity contribution in [2.75, 3.05) is 6.54 Å². The van der Waals surface area contributed by atoms with Crippen LogP contribution in [0.25, 0.3) is 0 Å². The summed E-state index contributed by atoms with van der Waals surface area (Å²) < 4.78 is 12.4. The number of aryl methyl sites for hydroxylation is 1. The highest BCUT2D eigenvalue weighted by molar-refractivity contribution is 7.86. The average Bonchev–Trinajstić information content (AvgIpc) is 2.54. The minimum absolute atomic E-state index is 0.293. The van der Waals surface area contributed by atoms with E-state index in [1.54, 1.807) is 0 Å². The molecule has 0 saturated carbocycles. The number of fused-ring (bicyclic) bond motifs is 3. The zero-order valence-electron chi connectivity index (χ0n) is 10.2. The third-order valence-electron chi connectivity index (χ3n) is 4.02. The van der Waals surface area contributed by atoms with Gasteiger partial charge in [0.1, 0.15) is 0 Å². The molecule has 1 heterocycles. The van der Waals surface area contributed by atoms with E-state index in [0.717, 1.165) is 19.4 Å². The molecule has 3 rings (SSSR count). The molecule has 3 heteroatoms. The van der Waals surface area contributed by atoms with Gasteiger partial charge < -0.3 is 5.32 Å². The molecule has 1 aromatic carbocycles. The van der Waals surface area contributed by atoms with Gasteiger partial charge in [0, 0.05) is 28.6 Å². The van der Waals surface area contributed by atoms with Crippen LogP contribution in [-0.4, -0.2) is 21.3 Å². The number of hydrogen-bond donors (Lipinski definition) is 1. The topological polar surface area (TPSA) is 29.1 Å². The predicted octanol–water partition coefficient (Wildman–Crippen LogP) is 2.17. The number of rotatable bonds is 0. The summed E-state index contributed by atoms with van der Waals surface area (Å²) in [5.41, 5.74) is 2.83. The van der Waals surface area contributed by atoms with Gasteiger partial charge in [-0.25, -0.2) is 0 Å². The van der Waals surface area contributed by atoms with Crippen LogP contribution in [-0.2, 0) is 17.2 Å². The molecule has 17 heavy (non-hydrogen) atoms. The Bertz CT molecular complexity index is 446. The van der Waals surface area contributed by atoms with Gasteiger partial charge in [0.2, 0.25) is 0 Å². The Morgan fingerprint density at radius 3 is 3.06 bits per heavy atom. The first kappa shape index (κ1) is 11.4. The molecule has 0 aromatic heterocycles. The monoisotopic (exact) mass is 249 g/mol. The third kappa shape index (κ3) is 1.95. The van der Waals surface area contributed by atoms with E-state index in [-0.39, 0.29) is 0 Å². The van der Waals surface area contributed by atoms with E-state index in [2.05, 4.69) is 36.5 Å². The van der Waals surface area contributed by atoms with Crippen LogP contribution >= 0.6 is 0 Å². The summed E-state index contributed by atoms with van der Waals surface area (Å²) in [4.78, 5) is 0. The fourth-order valence-corrected chi connectivity index (χ4v) is 4.86. The summed E-state index contributed by atoms with van der Waals surface area (Å²) in [6.45, 7) is 2.97. The molecule has 1 aliphatic carbocycles. The molecule has 1 aliphatic heterocycles. The second-order valence-electron chi connectivity index (χ2n) is 5.15. The smallest absolute Gasteiger partial charge is 0.0546 e. The Kier molecular flexibility index (Phi) is 3.05. The fraction of sp³-hybridized carbons (Fsp3) is 0.571. The highest BCUT2D eigenvalue weighted by Gasteiger charge is 2.37. The van der Waals surface area contributed by atoms with Crippen molar-refractivity contribution in [1.82, 2.24) is 5.32 Å². The molecular weight excluding hydrogens is 230 g/mol. The van der Waals surface area contributed by atoms with Crippen molar-refractivity contribution in [3.05, 3.63) is 35.4 Å². The maximum Gasteiger partial charge on any atom is 0.0546 e. The molecule has 0 radical (unpaired) electrons. The lowest BCUT2D eigenvalue weighted by Crippen LogP contribution is -2.47. The van der Waals surface area contributed by atoms with Crippen LogP contribution in [0.2, 0.25) is 0 Å². The SMILES string of the molecule is CC1CNC2c3ccccc3CCCC2S1=O. The molecule has 1 saturated heterocycles. The van der Waals surface area contributed by atoms with E-state index in [1.165, 1.54) is 17.5 Å². The zero-order chi connectivity index (χ0) is 11.8. The molecule has 2 nitrogen and oxygen atoms in total. The van der Waals surface area contributed by atoms with Gasteiger partial charge in [-0.3, -0.25) is 4.21 Å². The summed E-state index contributed by atoms with van der Waals surface area (Å²) >= 11 is 0. The van der Waals surface area contributed by atoms with E-state index < -0.39 is 10.8 Å². The van der Waals surface area contributed by atoms with Gasteiger partial charge in [-0.1, -0.05) is 24.3 Å². The largest absolute Gasteiger partial charge is 0.308 e. The van der Waals surface area contributed by atoms with Crippen molar-refractivity contribution in [3.8, 4) is 0 Å². The van der Waals surface area contributed by atoms with Crippen molar-refractivity contribution >= 4 is 10.8 Å². The van der Waals surface area contributed by atoms with Crippen LogP contribution in [0.15, 0.2) is 24.3 Å². The summed E-state index contributed by atoms with van der Waals surface area (Å²) in [5, 5.41) is 4.21. The van der Waals surface area contributed by atoms with Crippen molar-refractivity contribution in [2.24, 2.45) is 0 Å². The van der Waals surface area contributed by atoms with Crippen LogP contribution < -0.4 is 5.32 Å². The van der Waals surface area contributed by atoms with Gasteiger partial charge in [0.25, 0.3) is 0 Å². The first-order valence-electron chi connectivity index (χ1n) is 6.48. The van der Waals surface area contributed by atoms with Gasteiger partial charge in [0.05, 0.1) is 5.25 Å². The van der Waals surface area contributed by atoms with Crippen molar-refractivity contribution in [2.45, 2.75) is 42.7 Å². The van der Waals surface area contributed by atoms with Crippen LogP contribution in [0.1, 0.15) is 36.9 Å². The highest BCUT2D eigenvalue weighted by Crippen LogP contribution is 2.34. The van der Waals surface area contributed by atoms with Crippen molar-refractivity contribution in [3.63, 3.8) is 0 Å². The lowest BCUT2D eigenvalue weighted by atomic mass is 9.98. The minimum atomic E-state index is -0.682. The molecule has 0 amide bonds. The minimum Gasteiger partial charge on any atom is -0.308 e. The maximum absolute atomic E-state index is 12.4. The predicted molar refractivity (Wildman–Crippen MR) is 71.5 cm³/mol. The van der Waals surface area contributed by atoms with E-state index in [1.807, 2.05) is 0 Å². The Morgan fingerprint density at radius 1 is 1.35 bits per heavy atom. The zero-order valence-corrected chi connectivity index (χ0v) is 11.0. The van der Waals surface area contributed by atoms with Crippen LogP contribution in [0.3, 0.4) is 0 Å². The Morgan fingerprint density at radius 2 is 2.18 bits per heavy atom. The summed E-state index contributed by atoms with van der Waals surface area (Å²) in [6, 6.07) is 8.95. The van der Waals surface area contributed by atoms with Crippen LogP contribution in [0.5, 0.6) is 0 Å². The highest BCUT2D eigenvalue weighted by atomic mass is 32.2. The van der Waals surface area contributed by atoms with E-state index >= 15 is 0 Å². The van der Waals surface area contributed by atoms with Gasteiger partial charge in [-0.05, 0) is 37.3 Å². The standard InChI is InChI=1S/C14H19NOS/c1-10-9-15-14-12-7-3-2-5-11(12)6-4-8-13(14)17(10)16/h2-3,5,7,10,13-15H,4,6,8-9H2,1H3. The molecule has 1 aromatic rings. The first-order valence-corrected chi connectivity index (χ1v) is 7.75. The summed E-state index contributed by atoms with van der Waals surface area (Å²) in [5.74, 6) is 0. The number of benzene rings is 1. The molecule has 1 fully saturated rings. The fourth-order valence-electron chi connectivity index (χ4n) is 3.09. The molecule has 4 atom stereocenters. The number of nitrogens with one attached hydrogen (secondary N) is 1. The van der Waals surface area contributed by atoms with E-state index in [9.17, 15) is 4.21 Å². The van der Waals surface area contributed by atoms with Gasteiger partial charge >= 0.3 is 0 Å². The number of hydrogen-bond acceptors (Lipinski definition) is 2. The quantitative estimate of drug-likeness (QED) is 0.763. The van der Waals surface area contributed by atoms with E-state index in [4.69, 9.17) is 0 Å². The normalized spacial score (nSPS) is 36.8. The lowest BCUT2D eigenvalue weighted by molar-refractivity contribution is 0.464. The van der Waals surface area contributed by atoms with Crippen molar-refractivity contribution < 1.29 is 4.21 Å². The lowest BCUT2D eigenvalue weighted by Gasteiger charge is -2.35. The maximum atomic E-state index is 12.4. The molecule has 0 spiro atoms. The third-order valence-corrected chi connectivity index (χ3v) is 6.08. The second-order valence-corrected chi connectivity index (χ2v) is 7.22. The van der Waals surface area contributed by atoms with E-state index in [0.29, 0.717) is 16.5 Å². The van der Waals surface area contributed by atoms with Gasteiger partial charge in [-0.2, -0.15) is 0 Å². The molecule has 0 bridgehead atoms. The average molecular weight is 249 g/mol. The van der Waals surface area contributed by atoms with Crippen LogP contribution in [0.4, 0.5) is 0 Å².